The normalized spacial score (nSPS) is 13.2. The highest BCUT2D eigenvalue weighted by molar-refractivity contribution is 5.99. The van der Waals surface area contributed by atoms with E-state index in [2.05, 4.69) is 10.6 Å². The first-order valence-electron chi connectivity index (χ1n) is 7.72. The smallest absolute Gasteiger partial charge is 0.323 e. The van der Waals surface area contributed by atoms with Crippen molar-refractivity contribution in [3.63, 3.8) is 0 Å². The van der Waals surface area contributed by atoms with E-state index in [0.29, 0.717) is 17.9 Å². The van der Waals surface area contributed by atoms with E-state index >= 15 is 0 Å². The van der Waals surface area contributed by atoms with Gasteiger partial charge in [0.25, 0.3) is 0 Å². The second kappa shape index (κ2) is 6.70. The number of fused-ring (bicyclic) bond motifs is 1. The number of hydrogen-bond acceptors (Lipinski definition) is 2. The molecular weight excluding hydrogens is 309 g/mol. The van der Waals surface area contributed by atoms with Crippen molar-refractivity contribution in [3.8, 4) is 0 Å². The minimum atomic E-state index is -0.402. The number of carbonyl (C=O) groups is 2. The second-order valence-electron chi connectivity index (χ2n) is 5.76. The summed E-state index contributed by atoms with van der Waals surface area (Å²) >= 11 is 0. The van der Waals surface area contributed by atoms with Gasteiger partial charge in [-0.05, 0) is 53.9 Å². The van der Waals surface area contributed by atoms with Gasteiger partial charge in [0, 0.05) is 31.4 Å². The zero-order valence-electron chi connectivity index (χ0n) is 13.3. The van der Waals surface area contributed by atoms with Crippen LogP contribution in [0.1, 0.15) is 18.1 Å². The van der Waals surface area contributed by atoms with Crippen molar-refractivity contribution in [1.29, 1.82) is 0 Å². The molecule has 0 spiro atoms. The Kier molecular flexibility index (Phi) is 4.46. The van der Waals surface area contributed by atoms with Crippen molar-refractivity contribution in [2.75, 3.05) is 17.2 Å². The van der Waals surface area contributed by atoms with Gasteiger partial charge in [-0.3, -0.25) is 4.79 Å². The summed E-state index contributed by atoms with van der Waals surface area (Å²) in [6.45, 7) is 2.84. The molecule has 124 valence electrons. The molecule has 0 aromatic heterocycles. The number of hydrogen-bond donors (Lipinski definition) is 2. The van der Waals surface area contributed by atoms with Crippen LogP contribution >= 0.6 is 0 Å². The Labute approximate surface area is 139 Å². The van der Waals surface area contributed by atoms with Crippen molar-refractivity contribution in [3.05, 3.63) is 59.4 Å². The molecule has 1 heterocycles. The largest absolute Gasteiger partial charge is 0.338 e. The van der Waals surface area contributed by atoms with Crippen LogP contribution in [0.3, 0.4) is 0 Å². The third kappa shape index (κ3) is 3.71. The van der Waals surface area contributed by atoms with Gasteiger partial charge in [-0.25, -0.2) is 9.18 Å². The Morgan fingerprint density at radius 2 is 1.67 bits per heavy atom. The fourth-order valence-electron chi connectivity index (χ4n) is 2.73. The highest BCUT2D eigenvalue weighted by atomic mass is 19.1. The van der Waals surface area contributed by atoms with Gasteiger partial charge in [0.1, 0.15) is 5.82 Å². The third-order valence-electron chi connectivity index (χ3n) is 4.02. The number of urea groups is 1. The van der Waals surface area contributed by atoms with Crippen LogP contribution < -0.4 is 10.6 Å². The zero-order valence-corrected chi connectivity index (χ0v) is 13.3. The van der Waals surface area contributed by atoms with Crippen molar-refractivity contribution < 1.29 is 14.0 Å². The van der Waals surface area contributed by atoms with E-state index in [1.807, 2.05) is 18.2 Å². The van der Waals surface area contributed by atoms with Crippen molar-refractivity contribution in [1.82, 2.24) is 4.90 Å². The van der Waals surface area contributed by atoms with E-state index in [4.69, 9.17) is 0 Å². The molecule has 2 N–H and O–H groups in total. The van der Waals surface area contributed by atoms with Gasteiger partial charge in [-0.15, -0.1) is 0 Å². The lowest BCUT2D eigenvalue weighted by Gasteiger charge is -2.28. The van der Waals surface area contributed by atoms with Gasteiger partial charge in [0.2, 0.25) is 5.91 Å². The second-order valence-corrected chi connectivity index (χ2v) is 5.76. The fraction of sp³-hybridized carbons (Fsp3) is 0.222. The number of carbonyl (C=O) groups excluding carboxylic acids is 2. The molecule has 0 bridgehead atoms. The van der Waals surface area contributed by atoms with Gasteiger partial charge in [-0.1, -0.05) is 6.07 Å². The zero-order chi connectivity index (χ0) is 17.1. The van der Waals surface area contributed by atoms with Crippen molar-refractivity contribution >= 4 is 23.3 Å². The van der Waals surface area contributed by atoms with E-state index in [1.165, 1.54) is 29.8 Å². The SMILES string of the molecule is CC(=O)N1CCc2ccc(NC(=O)Nc3ccc(F)cc3)cc2C1. The summed E-state index contributed by atoms with van der Waals surface area (Å²) in [7, 11) is 0. The molecule has 5 nitrogen and oxygen atoms in total. The first-order valence-corrected chi connectivity index (χ1v) is 7.72. The average molecular weight is 327 g/mol. The molecule has 24 heavy (non-hydrogen) atoms. The molecule has 0 atom stereocenters. The predicted molar refractivity (Wildman–Crippen MR) is 90.3 cm³/mol. The number of halogens is 1. The summed E-state index contributed by atoms with van der Waals surface area (Å²) < 4.78 is 12.9. The Hall–Kier alpha value is -2.89. The molecule has 0 saturated heterocycles. The molecule has 0 saturated carbocycles. The molecule has 3 amide bonds. The van der Waals surface area contributed by atoms with Crippen LogP contribution in [0.5, 0.6) is 0 Å². The van der Waals surface area contributed by atoms with Gasteiger partial charge in [0.15, 0.2) is 0 Å². The van der Waals surface area contributed by atoms with Gasteiger partial charge in [0.05, 0.1) is 0 Å². The summed E-state index contributed by atoms with van der Waals surface area (Å²) in [5, 5.41) is 5.40. The monoisotopic (exact) mass is 327 g/mol. The summed E-state index contributed by atoms with van der Waals surface area (Å²) in [5.41, 5.74) is 3.39. The Bertz CT molecular complexity index is 774. The highest BCUT2D eigenvalue weighted by Gasteiger charge is 2.18. The Morgan fingerprint density at radius 1 is 1.00 bits per heavy atom. The summed E-state index contributed by atoms with van der Waals surface area (Å²) in [6.07, 6.45) is 0.816. The summed E-state index contributed by atoms with van der Waals surface area (Å²) in [5.74, 6) is -0.307. The van der Waals surface area contributed by atoms with Crippen LogP contribution in [0, 0.1) is 5.82 Å². The first-order chi connectivity index (χ1) is 11.5. The topological polar surface area (TPSA) is 61.4 Å². The summed E-state index contributed by atoms with van der Waals surface area (Å²) in [4.78, 5) is 25.3. The van der Waals surface area contributed by atoms with Gasteiger partial charge >= 0.3 is 6.03 Å². The minimum absolute atomic E-state index is 0.0491. The molecule has 1 aliphatic rings. The lowest BCUT2D eigenvalue weighted by Crippen LogP contribution is -2.34. The average Bonchev–Trinajstić information content (AvgIpc) is 2.56. The number of amides is 3. The number of nitrogens with zero attached hydrogens (tertiary/aromatic N) is 1. The maximum absolute atomic E-state index is 12.9. The molecular formula is C18H18FN3O2. The standard InChI is InChI=1S/C18H18FN3O2/c1-12(23)22-9-8-13-2-5-17(10-14(13)11-22)21-18(24)20-16-6-3-15(19)4-7-16/h2-7,10H,8-9,11H2,1H3,(H2,20,21,24). The molecule has 0 unspecified atom stereocenters. The minimum Gasteiger partial charge on any atom is -0.338 e. The van der Waals surface area contributed by atoms with Crippen molar-refractivity contribution in [2.45, 2.75) is 19.9 Å². The lowest BCUT2D eigenvalue weighted by molar-refractivity contribution is -0.129. The molecule has 6 heteroatoms. The lowest BCUT2D eigenvalue weighted by atomic mass is 9.99. The molecule has 0 aliphatic carbocycles. The molecule has 2 aromatic rings. The molecule has 0 fully saturated rings. The molecule has 1 aliphatic heterocycles. The summed E-state index contributed by atoms with van der Waals surface area (Å²) in [6, 6.07) is 10.8. The molecule has 2 aromatic carbocycles. The Balaban J connectivity index is 1.67. The number of rotatable bonds is 2. The van der Waals surface area contributed by atoms with Crippen LogP contribution in [0.15, 0.2) is 42.5 Å². The highest BCUT2D eigenvalue weighted by Crippen LogP contribution is 2.23. The van der Waals surface area contributed by atoms with E-state index in [1.54, 1.807) is 11.8 Å². The van der Waals surface area contributed by atoms with Gasteiger partial charge < -0.3 is 15.5 Å². The van der Waals surface area contributed by atoms with Crippen LogP contribution in [0.4, 0.5) is 20.6 Å². The molecule has 3 rings (SSSR count). The van der Waals surface area contributed by atoms with Gasteiger partial charge in [-0.2, -0.15) is 0 Å². The maximum Gasteiger partial charge on any atom is 0.323 e. The quantitative estimate of drug-likeness (QED) is 0.888. The van der Waals surface area contributed by atoms with E-state index in [0.717, 1.165) is 18.5 Å². The van der Waals surface area contributed by atoms with Crippen LogP contribution in [0.2, 0.25) is 0 Å². The van der Waals surface area contributed by atoms with Crippen LogP contribution in [-0.2, 0) is 17.8 Å². The van der Waals surface area contributed by atoms with E-state index < -0.39 is 6.03 Å². The molecule has 0 radical (unpaired) electrons. The van der Waals surface area contributed by atoms with Crippen LogP contribution in [0.25, 0.3) is 0 Å². The number of anilines is 2. The predicted octanol–water partition coefficient (Wildman–Crippen LogP) is 3.37. The number of benzene rings is 2. The first kappa shape index (κ1) is 16.0. The van der Waals surface area contributed by atoms with E-state index in [9.17, 15) is 14.0 Å². The maximum atomic E-state index is 12.9. The fourth-order valence-corrected chi connectivity index (χ4v) is 2.73. The van der Waals surface area contributed by atoms with E-state index in [-0.39, 0.29) is 11.7 Å². The van der Waals surface area contributed by atoms with Crippen LogP contribution in [-0.4, -0.2) is 23.4 Å². The van der Waals surface area contributed by atoms with Crippen molar-refractivity contribution in [2.24, 2.45) is 0 Å². The third-order valence-corrected chi connectivity index (χ3v) is 4.02. The Morgan fingerprint density at radius 3 is 2.38 bits per heavy atom. The number of nitrogens with one attached hydrogen (secondary N) is 2.